The van der Waals surface area contributed by atoms with E-state index in [2.05, 4.69) is 20.8 Å². The average molecular weight is 308 g/mol. The summed E-state index contributed by atoms with van der Waals surface area (Å²) in [6.07, 6.45) is 7.35. The topological polar surface area (TPSA) is 54.4 Å². The van der Waals surface area contributed by atoms with Crippen LogP contribution in [0.15, 0.2) is 0 Å². The molecule has 2 fully saturated rings. The molecule has 2 saturated carbocycles. The molecule has 22 heavy (non-hydrogen) atoms. The van der Waals surface area contributed by atoms with Gasteiger partial charge in [-0.15, -0.1) is 0 Å². The van der Waals surface area contributed by atoms with Crippen LogP contribution in [0.25, 0.3) is 0 Å². The van der Waals surface area contributed by atoms with Gasteiger partial charge in [-0.05, 0) is 54.8 Å². The van der Waals surface area contributed by atoms with Crippen LogP contribution in [0, 0.1) is 28.6 Å². The summed E-state index contributed by atoms with van der Waals surface area (Å²) in [7, 11) is 0. The second kappa shape index (κ2) is 6.33. The van der Waals surface area contributed by atoms with Crippen molar-refractivity contribution in [2.24, 2.45) is 28.6 Å². The maximum atomic E-state index is 12.6. The zero-order valence-electron chi connectivity index (χ0n) is 14.7. The predicted octanol–water partition coefficient (Wildman–Crippen LogP) is 4.69. The Hall–Kier alpha value is -0.860. The van der Waals surface area contributed by atoms with Crippen LogP contribution in [-0.4, -0.2) is 16.9 Å². The minimum absolute atomic E-state index is 0.125. The molecule has 3 nitrogen and oxygen atoms in total. The summed E-state index contributed by atoms with van der Waals surface area (Å²) in [5, 5.41) is 8.91. The fraction of sp³-hybridized carbons (Fsp3) is 0.895. The lowest BCUT2D eigenvalue weighted by atomic mass is 9.47. The molecule has 0 radical (unpaired) electrons. The van der Waals surface area contributed by atoms with Gasteiger partial charge in [0.15, 0.2) is 0 Å². The van der Waals surface area contributed by atoms with Crippen LogP contribution < -0.4 is 0 Å². The SMILES string of the molecule is C[C@H](CC[C@H]1C(=O)CC[C@H]2C(C)(C)CCC[C@]12C)CC(=O)O. The van der Waals surface area contributed by atoms with Crippen LogP contribution in [0.4, 0.5) is 0 Å². The first-order valence-corrected chi connectivity index (χ1v) is 8.91. The summed E-state index contributed by atoms with van der Waals surface area (Å²) in [5.74, 6) is 0.628. The molecule has 1 N–H and O–H groups in total. The summed E-state index contributed by atoms with van der Waals surface area (Å²) in [5.41, 5.74) is 0.457. The number of hydrogen-bond acceptors (Lipinski definition) is 2. The van der Waals surface area contributed by atoms with Gasteiger partial charge in [-0.2, -0.15) is 0 Å². The van der Waals surface area contributed by atoms with Crippen molar-refractivity contribution in [3.8, 4) is 0 Å². The third kappa shape index (κ3) is 3.38. The highest BCUT2D eigenvalue weighted by Crippen LogP contribution is 2.59. The number of Topliss-reactive ketones (excluding diaryl/α,β-unsaturated/α-hetero) is 1. The normalized spacial score (nSPS) is 35.7. The molecule has 0 aromatic carbocycles. The highest BCUT2D eigenvalue weighted by Gasteiger charge is 2.54. The van der Waals surface area contributed by atoms with Gasteiger partial charge in [0.2, 0.25) is 0 Å². The van der Waals surface area contributed by atoms with Gasteiger partial charge in [0.1, 0.15) is 5.78 Å². The number of rotatable bonds is 5. The van der Waals surface area contributed by atoms with E-state index in [-0.39, 0.29) is 23.7 Å². The Morgan fingerprint density at radius 3 is 2.64 bits per heavy atom. The molecule has 2 aliphatic rings. The molecule has 2 rings (SSSR count). The number of hydrogen-bond donors (Lipinski definition) is 1. The molecule has 0 saturated heterocycles. The van der Waals surface area contributed by atoms with Gasteiger partial charge in [-0.3, -0.25) is 9.59 Å². The first-order valence-electron chi connectivity index (χ1n) is 8.91. The molecule has 0 spiro atoms. The first kappa shape index (κ1) is 17.5. The number of carbonyl (C=O) groups excluding carboxylic acids is 1. The molecule has 0 unspecified atom stereocenters. The van der Waals surface area contributed by atoms with E-state index in [4.69, 9.17) is 5.11 Å². The Kier molecular flexibility index (Phi) is 5.03. The number of ketones is 1. The fourth-order valence-electron chi connectivity index (χ4n) is 5.47. The quantitative estimate of drug-likeness (QED) is 0.801. The fourth-order valence-corrected chi connectivity index (χ4v) is 5.47. The summed E-state index contributed by atoms with van der Waals surface area (Å²) < 4.78 is 0. The second-order valence-electron chi connectivity index (χ2n) is 8.74. The lowest BCUT2D eigenvalue weighted by molar-refractivity contribution is -0.143. The largest absolute Gasteiger partial charge is 0.481 e. The molecule has 2 aliphatic carbocycles. The Labute approximate surface area is 134 Å². The molecule has 3 heteroatoms. The van der Waals surface area contributed by atoms with Crippen LogP contribution in [0.3, 0.4) is 0 Å². The maximum Gasteiger partial charge on any atom is 0.303 e. The van der Waals surface area contributed by atoms with Crippen molar-refractivity contribution < 1.29 is 14.7 Å². The summed E-state index contributed by atoms with van der Waals surface area (Å²) in [4.78, 5) is 23.4. The highest BCUT2D eigenvalue weighted by molar-refractivity contribution is 5.82. The van der Waals surface area contributed by atoms with Crippen molar-refractivity contribution in [3.05, 3.63) is 0 Å². The van der Waals surface area contributed by atoms with E-state index in [0.29, 0.717) is 17.1 Å². The molecule has 4 atom stereocenters. The molecule has 0 heterocycles. The van der Waals surface area contributed by atoms with Gasteiger partial charge in [-0.25, -0.2) is 0 Å². The van der Waals surface area contributed by atoms with E-state index in [1.54, 1.807) is 0 Å². The molecular weight excluding hydrogens is 276 g/mol. The van der Waals surface area contributed by atoms with E-state index >= 15 is 0 Å². The minimum atomic E-state index is -0.731. The van der Waals surface area contributed by atoms with E-state index in [1.807, 2.05) is 6.92 Å². The number of fused-ring (bicyclic) bond motifs is 1. The van der Waals surface area contributed by atoms with Gasteiger partial charge in [0, 0.05) is 18.8 Å². The standard InChI is InChI=1S/C19H32O3/c1-13(12-17(21)22)6-7-14-15(20)8-9-16-18(2,3)10-5-11-19(14,16)4/h13-14,16H,5-12H2,1-4H3,(H,21,22)/t13-,14+,16+,19-/m1/s1. The second-order valence-corrected chi connectivity index (χ2v) is 8.74. The van der Waals surface area contributed by atoms with E-state index in [0.717, 1.165) is 32.1 Å². The van der Waals surface area contributed by atoms with Crippen molar-refractivity contribution in [1.29, 1.82) is 0 Å². The number of carboxylic acids is 1. The highest BCUT2D eigenvalue weighted by atomic mass is 16.4. The molecule has 126 valence electrons. The molecule has 0 aliphatic heterocycles. The monoisotopic (exact) mass is 308 g/mol. The van der Waals surface area contributed by atoms with Crippen molar-refractivity contribution >= 4 is 11.8 Å². The Morgan fingerprint density at radius 2 is 2.00 bits per heavy atom. The van der Waals surface area contributed by atoms with Gasteiger partial charge in [0.25, 0.3) is 0 Å². The zero-order chi connectivity index (χ0) is 16.5. The average Bonchev–Trinajstić information content (AvgIpc) is 2.35. The van der Waals surface area contributed by atoms with E-state index in [1.165, 1.54) is 12.8 Å². The number of aliphatic carboxylic acids is 1. The maximum absolute atomic E-state index is 12.6. The predicted molar refractivity (Wildman–Crippen MR) is 87.6 cm³/mol. The van der Waals surface area contributed by atoms with Crippen LogP contribution in [0.5, 0.6) is 0 Å². The zero-order valence-corrected chi connectivity index (χ0v) is 14.7. The lowest BCUT2D eigenvalue weighted by Gasteiger charge is -2.56. The molecule has 0 aromatic rings. The number of carboxylic acid groups (broad SMARTS) is 1. The van der Waals surface area contributed by atoms with Gasteiger partial charge in [0.05, 0.1) is 0 Å². The van der Waals surface area contributed by atoms with E-state index in [9.17, 15) is 9.59 Å². The van der Waals surface area contributed by atoms with Crippen molar-refractivity contribution in [2.75, 3.05) is 0 Å². The van der Waals surface area contributed by atoms with Crippen LogP contribution in [-0.2, 0) is 9.59 Å². The van der Waals surface area contributed by atoms with Crippen molar-refractivity contribution in [3.63, 3.8) is 0 Å². The van der Waals surface area contributed by atoms with Crippen LogP contribution in [0.1, 0.15) is 79.1 Å². The first-order chi connectivity index (χ1) is 10.2. The van der Waals surface area contributed by atoms with E-state index < -0.39 is 5.97 Å². The Balaban J connectivity index is 2.10. The van der Waals surface area contributed by atoms with Gasteiger partial charge in [-0.1, -0.05) is 34.1 Å². The third-order valence-corrected chi connectivity index (χ3v) is 6.61. The van der Waals surface area contributed by atoms with Crippen LogP contribution >= 0.6 is 0 Å². The lowest BCUT2D eigenvalue weighted by Crippen LogP contribution is -2.51. The smallest absolute Gasteiger partial charge is 0.303 e. The Morgan fingerprint density at radius 1 is 1.32 bits per heavy atom. The summed E-state index contributed by atoms with van der Waals surface area (Å²) >= 11 is 0. The van der Waals surface area contributed by atoms with Crippen molar-refractivity contribution in [1.82, 2.24) is 0 Å². The van der Waals surface area contributed by atoms with Gasteiger partial charge >= 0.3 is 5.97 Å². The Bertz CT molecular complexity index is 440. The van der Waals surface area contributed by atoms with Gasteiger partial charge < -0.3 is 5.11 Å². The molecular formula is C19H32O3. The summed E-state index contributed by atoms with van der Waals surface area (Å²) in [6.45, 7) is 9.07. The number of carbonyl (C=O) groups is 2. The third-order valence-electron chi connectivity index (χ3n) is 6.61. The molecule has 0 bridgehead atoms. The molecule has 0 aromatic heterocycles. The van der Waals surface area contributed by atoms with Crippen LogP contribution in [0.2, 0.25) is 0 Å². The molecule has 0 amide bonds. The van der Waals surface area contributed by atoms with Crippen molar-refractivity contribution in [2.45, 2.75) is 79.1 Å². The summed E-state index contributed by atoms with van der Waals surface area (Å²) in [6, 6.07) is 0. The minimum Gasteiger partial charge on any atom is -0.481 e.